The van der Waals surface area contributed by atoms with E-state index in [9.17, 15) is 27.6 Å². The summed E-state index contributed by atoms with van der Waals surface area (Å²) in [5, 5.41) is 2.18. The van der Waals surface area contributed by atoms with Crippen LogP contribution in [0, 0.1) is 0 Å². The van der Waals surface area contributed by atoms with Crippen molar-refractivity contribution in [1.82, 2.24) is 4.90 Å². The van der Waals surface area contributed by atoms with Crippen LogP contribution in [0.25, 0.3) is 6.08 Å². The third-order valence-electron chi connectivity index (χ3n) is 5.56. The number of carbonyl (C=O) groups is 3. The van der Waals surface area contributed by atoms with Gasteiger partial charge in [-0.2, -0.15) is 13.2 Å². The molecule has 3 amide bonds. The minimum absolute atomic E-state index is 0.0732. The zero-order chi connectivity index (χ0) is 28.9. The second-order valence-electron chi connectivity index (χ2n) is 8.41. The van der Waals surface area contributed by atoms with Gasteiger partial charge >= 0.3 is 6.18 Å². The molecule has 4 rings (SSSR count). The first-order valence-electron chi connectivity index (χ1n) is 11.9. The standard InChI is InChI=1S/C28H22ClF3N2O5S/c1-2-38-23-12-17(10-11-22(23)39-16-18-6-3-4-9-21(18)29)13-24-26(36)34(27(37)40-24)15-25(35)33-20-8-5-7-19(14-20)28(30,31)32/h3-14H,2,15-16H2,1H3,(H,33,35)/b24-13-. The van der Waals surface area contributed by atoms with Gasteiger partial charge in [-0.3, -0.25) is 19.3 Å². The summed E-state index contributed by atoms with van der Waals surface area (Å²) in [4.78, 5) is 38.6. The smallest absolute Gasteiger partial charge is 0.416 e. The van der Waals surface area contributed by atoms with E-state index >= 15 is 0 Å². The number of hydrogen-bond acceptors (Lipinski definition) is 6. The predicted octanol–water partition coefficient (Wildman–Crippen LogP) is 7.01. The molecule has 208 valence electrons. The van der Waals surface area contributed by atoms with Gasteiger partial charge in [0.15, 0.2) is 11.5 Å². The number of amides is 3. The molecule has 7 nitrogen and oxygen atoms in total. The Morgan fingerprint density at radius 3 is 2.52 bits per heavy atom. The van der Waals surface area contributed by atoms with E-state index in [-0.39, 0.29) is 17.2 Å². The number of nitrogens with one attached hydrogen (secondary N) is 1. The highest BCUT2D eigenvalue weighted by Gasteiger charge is 2.36. The van der Waals surface area contributed by atoms with Gasteiger partial charge in [-0.25, -0.2) is 0 Å². The average Bonchev–Trinajstić information content (AvgIpc) is 3.16. The molecular formula is C28H22ClF3N2O5S. The van der Waals surface area contributed by atoms with Crippen LogP contribution < -0.4 is 14.8 Å². The molecule has 1 aliphatic heterocycles. The third kappa shape index (κ3) is 7.16. The minimum Gasteiger partial charge on any atom is -0.490 e. The van der Waals surface area contributed by atoms with E-state index < -0.39 is 35.3 Å². The Hall–Kier alpha value is -3.96. The lowest BCUT2D eigenvalue weighted by Crippen LogP contribution is -2.36. The molecule has 0 aliphatic carbocycles. The number of nitrogens with zero attached hydrogens (tertiary/aromatic N) is 1. The van der Waals surface area contributed by atoms with Crippen molar-refractivity contribution in [3.8, 4) is 11.5 Å². The molecule has 1 N–H and O–H groups in total. The fraction of sp³-hybridized carbons (Fsp3) is 0.179. The van der Waals surface area contributed by atoms with E-state index in [0.717, 1.165) is 28.7 Å². The van der Waals surface area contributed by atoms with Crippen LogP contribution in [-0.2, 0) is 22.4 Å². The summed E-state index contributed by atoms with van der Waals surface area (Å²) >= 11 is 6.84. The number of anilines is 1. The van der Waals surface area contributed by atoms with Crippen LogP contribution in [-0.4, -0.2) is 35.1 Å². The van der Waals surface area contributed by atoms with Crippen molar-refractivity contribution in [3.05, 3.63) is 93.3 Å². The minimum atomic E-state index is -4.58. The molecule has 12 heteroatoms. The van der Waals surface area contributed by atoms with Crippen molar-refractivity contribution >= 4 is 52.2 Å². The zero-order valence-corrected chi connectivity index (χ0v) is 22.5. The van der Waals surface area contributed by atoms with Crippen molar-refractivity contribution < 1.29 is 37.0 Å². The predicted molar refractivity (Wildman–Crippen MR) is 146 cm³/mol. The number of alkyl halides is 3. The van der Waals surface area contributed by atoms with Gasteiger partial charge in [0.25, 0.3) is 11.1 Å². The first-order valence-corrected chi connectivity index (χ1v) is 13.1. The SMILES string of the molecule is CCOc1cc(/C=C2\SC(=O)N(CC(=O)Nc3cccc(C(F)(F)F)c3)C2=O)ccc1OCc1ccccc1Cl. The van der Waals surface area contributed by atoms with Crippen LogP contribution in [0.3, 0.4) is 0 Å². The summed E-state index contributed by atoms with van der Waals surface area (Å²) in [6, 6.07) is 16.3. The van der Waals surface area contributed by atoms with Gasteiger partial charge in [0, 0.05) is 16.3 Å². The van der Waals surface area contributed by atoms with Crippen molar-refractivity contribution in [3.63, 3.8) is 0 Å². The lowest BCUT2D eigenvalue weighted by molar-refractivity contribution is -0.137. The van der Waals surface area contributed by atoms with Crippen LogP contribution in [0.5, 0.6) is 11.5 Å². The molecule has 0 aromatic heterocycles. The zero-order valence-electron chi connectivity index (χ0n) is 21.0. The first kappa shape index (κ1) is 29.0. The summed E-state index contributed by atoms with van der Waals surface area (Å²) in [5.41, 5.74) is 0.294. The second-order valence-corrected chi connectivity index (χ2v) is 9.81. The van der Waals surface area contributed by atoms with Crippen LogP contribution in [0.2, 0.25) is 5.02 Å². The molecule has 0 bridgehead atoms. The summed E-state index contributed by atoms with van der Waals surface area (Å²) in [5.74, 6) is -0.644. The van der Waals surface area contributed by atoms with Crippen LogP contribution in [0.4, 0.5) is 23.7 Å². The van der Waals surface area contributed by atoms with Crippen LogP contribution >= 0.6 is 23.4 Å². The largest absolute Gasteiger partial charge is 0.490 e. The van der Waals surface area contributed by atoms with Gasteiger partial charge < -0.3 is 14.8 Å². The number of rotatable bonds is 9. The molecule has 0 radical (unpaired) electrons. The Balaban J connectivity index is 1.44. The van der Waals surface area contributed by atoms with Crippen molar-refractivity contribution in [2.24, 2.45) is 0 Å². The van der Waals surface area contributed by atoms with Gasteiger partial charge in [-0.1, -0.05) is 41.9 Å². The van der Waals surface area contributed by atoms with E-state index in [1.54, 1.807) is 31.2 Å². The molecule has 0 spiro atoms. The van der Waals surface area contributed by atoms with E-state index in [1.807, 2.05) is 18.2 Å². The monoisotopic (exact) mass is 590 g/mol. The second kappa shape index (κ2) is 12.5. The number of carbonyl (C=O) groups excluding carboxylic acids is 3. The molecular weight excluding hydrogens is 569 g/mol. The number of thioether (sulfide) groups is 1. The van der Waals surface area contributed by atoms with Crippen LogP contribution in [0.1, 0.15) is 23.6 Å². The van der Waals surface area contributed by atoms with Crippen molar-refractivity contribution in [2.75, 3.05) is 18.5 Å². The van der Waals surface area contributed by atoms with E-state index in [4.69, 9.17) is 21.1 Å². The quantitative estimate of drug-likeness (QED) is 0.270. The molecule has 0 atom stereocenters. The maximum absolute atomic E-state index is 12.9. The molecule has 3 aromatic carbocycles. The summed E-state index contributed by atoms with van der Waals surface area (Å²) < 4.78 is 50.4. The topological polar surface area (TPSA) is 84.9 Å². The van der Waals surface area contributed by atoms with Gasteiger partial charge in [0.2, 0.25) is 5.91 Å². The Morgan fingerprint density at radius 1 is 1.02 bits per heavy atom. The molecule has 1 saturated heterocycles. The molecule has 3 aromatic rings. The number of imide groups is 1. The summed E-state index contributed by atoms with van der Waals surface area (Å²) in [6.07, 6.45) is -3.10. The average molecular weight is 591 g/mol. The van der Waals surface area contributed by atoms with Crippen LogP contribution in [0.15, 0.2) is 71.6 Å². The van der Waals surface area contributed by atoms with E-state index in [1.165, 1.54) is 12.1 Å². The van der Waals surface area contributed by atoms with Gasteiger partial charge in [-0.05, 0) is 66.7 Å². The highest BCUT2D eigenvalue weighted by Crippen LogP contribution is 2.35. The van der Waals surface area contributed by atoms with E-state index in [2.05, 4.69) is 5.32 Å². The molecule has 40 heavy (non-hydrogen) atoms. The maximum atomic E-state index is 12.9. The van der Waals surface area contributed by atoms with Gasteiger partial charge in [0.05, 0.1) is 17.1 Å². The number of ether oxygens (including phenoxy) is 2. The molecule has 1 heterocycles. The fourth-order valence-electron chi connectivity index (χ4n) is 3.68. The summed E-state index contributed by atoms with van der Waals surface area (Å²) in [7, 11) is 0. The normalized spacial score (nSPS) is 14.5. The van der Waals surface area contributed by atoms with Crippen molar-refractivity contribution in [1.29, 1.82) is 0 Å². The molecule has 0 unspecified atom stereocenters. The molecule has 0 saturated carbocycles. The lowest BCUT2D eigenvalue weighted by Gasteiger charge is -2.14. The lowest BCUT2D eigenvalue weighted by atomic mass is 10.1. The molecule has 1 aliphatic rings. The Labute approximate surface area is 236 Å². The Bertz CT molecular complexity index is 1480. The van der Waals surface area contributed by atoms with E-state index in [0.29, 0.717) is 40.5 Å². The Morgan fingerprint density at radius 2 is 1.80 bits per heavy atom. The highest BCUT2D eigenvalue weighted by atomic mass is 35.5. The number of hydrogen-bond donors (Lipinski definition) is 1. The third-order valence-corrected chi connectivity index (χ3v) is 6.83. The maximum Gasteiger partial charge on any atom is 0.416 e. The summed E-state index contributed by atoms with van der Waals surface area (Å²) in [6.45, 7) is 1.71. The first-order chi connectivity index (χ1) is 19.0. The van der Waals surface area contributed by atoms with Gasteiger partial charge in [0.1, 0.15) is 13.2 Å². The fourth-order valence-corrected chi connectivity index (χ4v) is 4.71. The van der Waals surface area contributed by atoms with Gasteiger partial charge in [-0.15, -0.1) is 0 Å². The number of benzene rings is 3. The van der Waals surface area contributed by atoms with Crippen molar-refractivity contribution in [2.45, 2.75) is 19.7 Å². The number of halogens is 4. The Kier molecular flexibility index (Phi) is 9.06. The highest BCUT2D eigenvalue weighted by molar-refractivity contribution is 8.18. The molecule has 1 fully saturated rings.